The Balaban J connectivity index is 2.30. The van der Waals surface area contributed by atoms with E-state index >= 15 is 0 Å². The van der Waals surface area contributed by atoms with Crippen LogP contribution >= 0.6 is 0 Å². The molecule has 0 saturated carbocycles. The molecule has 0 radical (unpaired) electrons. The van der Waals surface area contributed by atoms with Crippen molar-refractivity contribution in [2.24, 2.45) is 7.05 Å². The molecular formula is C15H14FN3. The van der Waals surface area contributed by atoms with Crippen molar-refractivity contribution in [1.29, 1.82) is 0 Å². The maximum atomic E-state index is 13.2. The van der Waals surface area contributed by atoms with Crippen LogP contribution in [0.5, 0.6) is 0 Å². The number of fused-ring (bicyclic) bond motifs is 1. The van der Waals surface area contributed by atoms with Crippen LogP contribution in [-0.2, 0) is 7.05 Å². The van der Waals surface area contributed by atoms with E-state index in [4.69, 9.17) is 5.73 Å². The molecule has 96 valence electrons. The van der Waals surface area contributed by atoms with Crippen LogP contribution in [0, 0.1) is 12.7 Å². The van der Waals surface area contributed by atoms with Crippen LogP contribution in [-0.4, -0.2) is 9.55 Å². The zero-order chi connectivity index (χ0) is 13.6. The molecule has 2 aromatic carbocycles. The lowest BCUT2D eigenvalue weighted by atomic mass is 10.1. The molecule has 0 aliphatic rings. The first-order valence-corrected chi connectivity index (χ1v) is 6.05. The average molecular weight is 255 g/mol. The number of nitrogens with zero attached hydrogens (tertiary/aromatic N) is 2. The van der Waals surface area contributed by atoms with Crippen molar-refractivity contribution in [3.63, 3.8) is 0 Å². The molecular weight excluding hydrogens is 241 g/mol. The molecule has 0 amide bonds. The number of nitrogens with two attached hydrogens (primary N) is 1. The highest BCUT2D eigenvalue weighted by molar-refractivity contribution is 5.83. The van der Waals surface area contributed by atoms with Gasteiger partial charge in [-0.1, -0.05) is 11.6 Å². The van der Waals surface area contributed by atoms with Gasteiger partial charge in [0.05, 0.1) is 11.0 Å². The van der Waals surface area contributed by atoms with Crippen molar-refractivity contribution in [3.8, 4) is 11.4 Å². The van der Waals surface area contributed by atoms with E-state index in [0.29, 0.717) is 11.2 Å². The van der Waals surface area contributed by atoms with Crippen molar-refractivity contribution in [2.75, 3.05) is 5.73 Å². The van der Waals surface area contributed by atoms with E-state index in [1.807, 2.05) is 36.7 Å². The molecule has 0 bridgehead atoms. The van der Waals surface area contributed by atoms with Crippen molar-refractivity contribution in [1.82, 2.24) is 9.55 Å². The second-order valence-electron chi connectivity index (χ2n) is 4.72. The number of anilines is 1. The molecule has 3 nitrogen and oxygen atoms in total. The molecule has 2 N–H and O–H groups in total. The van der Waals surface area contributed by atoms with Crippen LogP contribution < -0.4 is 5.73 Å². The van der Waals surface area contributed by atoms with Gasteiger partial charge in [0.2, 0.25) is 0 Å². The van der Waals surface area contributed by atoms with Gasteiger partial charge < -0.3 is 10.3 Å². The van der Waals surface area contributed by atoms with Crippen molar-refractivity contribution in [3.05, 3.63) is 47.8 Å². The van der Waals surface area contributed by atoms with Gasteiger partial charge in [0.25, 0.3) is 0 Å². The number of nitrogen functional groups attached to an aromatic ring is 1. The highest BCUT2D eigenvalue weighted by Crippen LogP contribution is 2.29. The minimum atomic E-state index is -0.283. The molecule has 4 heteroatoms. The Hall–Kier alpha value is -2.36. The Morgan fingerprint density at radius 2 is 1.95 bits per heavy atom. The third-order valence-electron chi connectivity index (χ3n) is 3.29. The summed E-state index contributed by atoms with van der Waals surface area (Å²) in [5.74, 6) is 0.469. The van der Waals surface area contributed by atoms with E-state index in [1.165, 1.54) is 12.1 Å². The molecule has 0 atom stereocenters. The van der Waals surface area contributed by atoms with Crippen molar-refractivity contribution < 1.29 is 4.39 Å². The lowest BCUT2D eigenvalue weighted by Gasteiger charge is -2.07. The Morgan fingerprint density at radius 3 is 2.74 bits per heavy atom. The van der Waals surface area contributed by atoms with E-state index in [-0.39, 0.29) is 5.82 Å². The number of imidazole rings is 1. The average Bonchev–Trinajstić information content (AvgIpc) is 2.69. The van der Waals surface area contributed by atoms with Crippen LogP contribution in [0.1, 0.15) is 5.56 Å². The predicted molar refractivity (Wildman–Crippen MR) is 75.3 cm³/mol. The first-order valence-electron chi connectivity index (χ1n) is 6.05. The fourth-order valence-electron chi connectivity index (χ4n) is 2.28. The monoisotopic (exact) mass is 255 g/mol. The summed E-state index contributed by atoms with van der Waals surface area (Å²) in [4.78, 5) is 4.49. The van der Waals surface area contributed by atoms with Gasteiger partial charge in [-0.3, -0.25) is 0 Å². The lowest BCUT2D eigenvalue weighted by Crippen LogP contribution is -1.97. The second kappa shape index (κ2) is 4.09. The first-order chi connectivity index (χ1) is 9.06. The molecule has 0 saturated heterocycles. The molecule has 1 heterocycles. The maximum absolute atomic E-state index is 13.2. The summed E-state index contributed by atoms with van der Waals surface area (Å²) in [6.45, 7) is 2.01. The SMILES string of the molecule is Cc1ccc(N)c(-c2nc3cc(F)ccc3n2C)c1. The molecule has 0 unspecified atom stereocenters. The maximum Gasteiger partial charge on any atom is 0.142 e. The van der Waals surface area contributed by atoms with E-state index in [9.17, 15) is 4.39 Å². The standard InChI is InChI=1S/C15H14FN3/c1-9-3-5-12(17)11(7-9)15-18-13-8-10(16)4-6-14(13)19(15)2/h3-8H,17H2,1-2H3. The van der Waals surface area contributed by atoms with Gasteiger partial charge in [0, 0.05) is 24.4 Å². The normalized spacial score (nSPS) is 11.1. The first kappa shape index (κ1) is 11.7. The van der Waals surface area contributed by atoms with E-state index < -0.39 is 0 Å². The minimum Gasteiger partial charge on any atom is -0.398 e. The quantitative estimate of drug-likeness (QED) is 0.678. The fourth-order valence-corrected chi connectivity index (χ4v) is 2.28. The Morgan fingerprint density at radius 1 is 1.16 bits per heavy atom. The van der Waals surface area contributed by atoms with Gasteiger partial charge in [-0.15, -0.1) is 0 Å². The number of rotatable bonds is 1. The molecule has 0 fully saturated rings. The molecule has 19 heavy (non-hydrogen) atoms. The summed E-state index contributed by atoms with van der Waals surface area (Å²) in [7, 11) is 1.91. The van der Waals surface area contributed by atoms with Crippen molar-refractivity contribution in [2.45, 2.75) is 6.92 Å². The second-order valence-corrected chi connectivity index (χ2v) is 4.72. The summed E-state index contributed by atoms with van der Waals surface area (Å²) in [6.07, 6.45) is 0. The summed E-state index contributed by atoms with van der Waals surface area (Å²) in [5, 5.41) is 0. The third kappa shape index (κ3) is 1.85. The van der Waals surface area contributed by atoms with Crippen LogP contribution in [0.25, 0.3) is 22.4 Å². The van der Waals surface area contributed by atoms with Gasteiger partial charge in [-0.25, -0.2) is 9.37 Å². The zero-order valence-corrected chi connectivity index (χ0v) is 10.8. The molecule has 0 aliphatic heterocycles. The highest BCUT2D eigenvalue weighted by atomic mass is 19.1. The fraction of sp³-hybridized carbons (Fsp3) is 0.133. The summed E-state index contributed by atoms with van der Waals surface area (Å²) < 4.78 is 15.2. The van der Waals surface area contributed by atoms with E-state index in [1.54, 1.807) is 6.07 Å². The van der Waals surface area contributed by atoms with Crippen molar-refractivity contribution >= 4 is 16.7 Å². The van der Waals surface area contributed by atoms with Gasteiger partial charge >= 0.3 is 0 Å². The Kier molecular flexibility index (Phi) is 2.52. The van der Waals surface area contributed by atoms with E-state index in [0.717, 1.165) is 22.5 Å². The molecule has 0 spiro atoms. The summed E-state index contributed by atoms with van der Waals surface area (Å²) >= 11 is 0. The largest absolute Gasteiger partial charge is 0.398 e. The topological polar surface area (TPSA) is 43.8 Å². The number of aryl methyl sites for hydroxylation is 2. The number of hydrogen-bond donors (Lipinski definition) is 1. The van der Waals surface area contributed by atoms with Gasteiger partial charge in [0.1, 0.15) is 11.6 Å². The third-order valence-corrected chi connectivity index (χ3v) is 3.29. The van der Waals surface area contributed by atoms with Crippen LogP contribution in [0.4, 0.5) is 10.1 Å². The Labute approximate surface area is 110 Å². The van der Waals surface area contributed by atoms with Crippen LogP contribution in [0.2, 0.25) is 0 Å². The Bertz CT molecular complexity index is 774. The number of aromatic nitrogens is 2. The zero-order valence-electron chi connectivity index (χ0n) is 10.8. The predicted octanol–water partition coefficient (Wildman–Crippen LogP) is 3.27. The summed E-state index contributed by atoms with van der Waals surface area (Å²) in [6, 6.07) is 10.4. The minimum absolute atomic E-state index is 0.283. The van der Waals surface area contributed by atoms with Crippen LogP contribution in [0.3, 0.4) is 0 Å². The molecule has 0 aliphatic carbocycles. The molecule has 3 rings (SSSR count). The van der Waals surface area contributed by atoms with Gasteiger partial charge in [-0.2, -0.15) is 0 Å². The molecule has 3 aromatic rings. The smallest absolute Gasteiger partial charge is 0.142 e. The van der Waals surface area contributed by atoms with Gasteiger partial charge in [-0.05, 0) is 31.2 Å². The van der Waals surface area contributed by atoms with Crippen LogP contribution in [0.15, 0.2) is 36.4 Å². The summed E-state index contributed by atoms with van der Waals surface area (Å²) in [5.41, 5.74) is 10.2. The highest BCUT2D eigenvalue weighted by Gasteiger charge is 2.12. The number of halogens is 1. The van der Waals surface area contributed by atoms with Gasteiger partial charge in [0.15, 0.2) is 0 Å². The molecule has 1 aromatic heterocycles. The van der Waals surface area contributed by atoms with E-state index in [2.05, 4.69) is 4.98 Å². The number of benzene rings is 2. The lowest BCUT2D eigenvalue weighted by molar-refractivity contribution is 0.629. The number of hydrogen-bond acceptors (Lipinski definition) is 2.